The summed E-state index contributed by atoms with van der Waals surface area (Å²) in [6.45, 7) is 6.31. The molecule has 0 aromatic rings. The molecule has 1 unspecified atom stereocenters. The van der Waals surface area contributed by atoms with Gasteiger partial charge in [0.1, 0.15) is 12.2 Å². The van der Waals surface area contributed by atoms with E-state index in [9.17, 15) is 19.5 Å². The first kappa shape index (κ1) is 19.3. The molecule has 2 bridgehead atoms. The van der Waals surface area contributed by atoms with Gasteiger partial charge in [0, 0.05) is 24.8 Å². The topological polar surface area (TPSA) is 93.1 Å². The molecule has 1 spiro atoms. The standard InChI is InChI=1S/C22H31NO6/c1-4-13-17-16(12(3)19(25)29-17)22(27)10-14(15-9-11(2)18(24)28-15)23-8-6-5-7-21(13,22)20(23)26/h11-17,27H,4-10H2,1-3H3/t11-,12+,13-,14-,15-,16+,17+,21?,22-/m0/s1. The Morgan fingerprint density at radius 1 is 1.14 bits per heavy atom. The predicted octanol–water partition coefficient (Wildman–Crippen LogP) is 1.66. The van der Waals surface area contributed by atoms with E-state index in [1.807, 2.05) is 25.7 Å². The lowest BCUT2D eigenvalue weighted by atomic mass is 9.58. The zero-order valence-electron chi connectivity index (χ0n) is 17.4. The lowest BCUT2D eigenvalue weighted by Gasteiger charge is -2.55. The number of aliphatic hydroxyl groups is 1. The number of fused-ring (bicyclic) bond motifs is 3. The number of hydrogen-bond acceptors (Lipinski definition) is 6. The number of esters is 2. The van der Waals surface area contributed by atoms with Gasteiger partial charge in [-0.2, -0.15) is 0 Å². The first-order valence-corrected chi connectivity index (χ1v) is 11.2. The minimum Gasteiger partial charge on any atom is -0.461 e. The van der Waals surface area contributed by atoms with E-state index in [2.05, 4.69) is 0 Å². The van der Waals surface area contributed by atoms with Crippen LogP contribution in [-0.4, -0.2) is 58.2 Å². The lowest BCUT2D eigenvalue weighted by molar-refractivity contribution is -0.200. The van der Waals surface area contributed by atoms with Crippen LogP contribution >= 0.6 is 0 Å². The highest BCUT2D eigenvalue weighted by Crippen LogP contribution is 2.67. The molecular formula is C22H31NO6. The monoisotopic (exact) mass is 405 g/mol. The Morgan fingerprint density at radius 2 is 1.90 bits per heavy atom. The minimum absolute atomic E-state index is 0.0196. The zero-order chi connectivity index (χ0) is 20.7. The fraction of sp³-hybridized carbons (Fsp3) is 0.864. The second kappa shape index (κ2) is 6.19. The van der Waals surface area contributed by atoms with Crippen LogP contribution in [0.3, 0.4) is 0 Å². The Kier molecular flexibility index (Phi) is 4.13. The molecule has 0 aromatic heterocycles. The van der Waals surface area contributed by atoms with E-state index in [0.29, 0.717) is 32.2 Å². The van der Waals surface area contributed by atoms with Gasteiger partial charge in [0.25, 0.3) is 0 Å². The summed E-state index contributed by atoms with van der Waals surface area (Å²) < 4.78 is 11.4. The van der Waals surface area contributed by atoms with Crippen molar-refractivity contribution in [3.05, 3.63) is 0 Å². The van der Waals surface area contributed by atoms with Crippen molar-refractivity contribution in [1.29, 1.82) is 0 Å². The summed E-state index contributed by atoms with van der Waals surface area (Å²) in [5, 5.41) is 12.3. The number of ether oxygens (including phenoxy) is 2. The molecule has 4 aliphatic heterocycles. The number of amides is 1. The number of carbonyl (C=O) groups excluding carboxylic acids is 3. The van der Waals surface area contributed by atoms with Gasteiger partial charge in [0.15, 0.2) is 0 Å². The average Bonchev–Trinajstić information content (AvgIpc) is 3.19. The highest BCUT2D eigenvalue weighted by molar-refractivity contribution is 5.89. The van der Waals surface area contributed by atoms with Gasteiger partial charge in [-0.05, 0) is 25.7 Å². The molecule has 4 saturated heterocycles. The summed E-state index contributed by atoms with van der Waals surface area (Å²) in [6, 6.07) is -0.341. The fourth-order valence-electron chi connectivity index (χ4n) is 7.53. The summed E-state index contributed by atoms with van der Waals surface area (Å²) >= 11 is 0. The molecular weight excluding hydrogens is 374 g/mol. The van der Waals surface area contributed by atoms with E-state index in [1.165, 1.54) is 0 Å². The first-order chi connectivity index (χ1) is 13.8. The molecule has 1 aliphatic carbocycles. The van der Waals surface area contributed by atoms with Crippen LogP contribution in [0.4, 0.5) is 0 Å². The van der Waals surface area contributed by atoms with Crippen molar-refractivity contribution in [2.24, 2.45) is 29.1 Å². The molecule has 0 radical (unpaired) electrons. The number of nitrogens with zero attached hydrogens (tertiary/aromatic N) is 1. The molecule has 1 N–H and O–H groups in total. The molecule has 0 aromatic carbocycles. The quantitative estimate of drug-likeness (QED) is 0.703. The van der Waals surface area contributed by atoms with Crippen molar-refractivity contribution >= 4 is 17.8 Å². The summed E-state index contributed by atoms with van der Waals surface area (Å²) in [5.74, 6) is -1.72. The van der Waals surface area contributed by atoms with Crippen LogP contribution in [0.5, 0.6) is 0 Å². The Hall–Kier alpha value is -1.63. The van der Waals surface area contributed by atoms with Crippen LogP contribution in [0, 0.1) is 29.1 Å². The van der Waals surface area contributed by atoms with Crippen molar-refractivity contribution < 1.29 is 29.0 Å². The number of rotatable bonds is 2. The summed E-state index contributed by atoms with van der Waals surface area (Å²) in [4.78, 5) is 40.4. The fourth-order valence-corrected chi connectivity index (χ4v) is 7.53. The van der Waals surface area contributed by atoms with Crippen LogP contribution in [0.1, 0.15) is 59.3 Å². The highest BCUT2D eigenvalue weighted by Gasteiger charge is 2.78. The Morgan fingerprint density at radius 3 is 2.55 bits per heavy atom. The predicted molar refractivity (Wildman–Crippen MR) is 101 cm³/mol. The van der Waals surface area contributed by atoms with Gasteiger partial charge in [-0.3, -0.25) is 14.4 Å². The van der Waals surface area contributed by atoms with Crippen LogP contribution in [0.2, 0.25) is 0 Å². The molecule has 1 amide bonds. The largest absolute Gasteiger partial charge is 0.461 e. The van der Waals surface area contributed by atoms with E-state index in [4.69, 9.17) is 9.47 Å². The van der Waals surface area contributed by atoms with Gasteiger partial charge in [-0.25, -0.2) is 0 Å². The molecule has 160 valence electrons. The third-order valence-electron chi connectivity index (χ3n) is 8.78. The van der Waals surface area contributed by atoms with Crippen molar-refractivity contribution in [3.63, 3.8) is 0 Å². The molecule has 5 aliphatic rings. The van der Waals surface area contributed by atoms with E-state index in [1.54, 1.807) is 0 Å². The van der Waals surface area contributed by atoms with E-state index < -0.39 is 29.1 Å². The van der Waals surface area contributed by atoms with E-state index in [0.717, 1.165) is 12.8 Å². The number of cyclic esters (lactones) is 1. The average molecular weight is 405 g/mol. The molecule has 5 fully saturated rings. The Bertz CT molecular complexity index is 768. The summed E-state index contributed by atoms with van der Waals surface area (Å²) in [7, 11) is 0. The second-order valence-electron chi connectivity index (χ2n) is 9.97. The van der Waals surface area contributed by atoms with E-state index in [-0.39, 0.29) is 41.6 Å². The third-order valence-corrected chi connectivity index (χ3v) is 8.78. The maximum atomic E-state index is 14.0. The molecule has 7 heteroatoms. The molecule has 1 saturated carbocycles. The maximum Gasteiger partial charge on any atom is 0.309 e. The number of hydrogen-bond donors (Lipinski definition) is 1. The van der Waals surface area contributed by atoms with Crippen molar-refractivity contribution in [2.75, 3.05) is 6.54 Å². The smallest absolute Gasteiger partial charge is 0.309 e. The molecule has 4 heterocycles. The molecule has 5 rings (SSSR count). The second-order valence-corrected chi connectivity index (χ2v) is 9.97. The lowest BCUT2D eigenvalue weighted by Crippen LogP contribution is -2.69. The van der Waals surface area contributed by atoms with Gasteiger partial charge >= 0.3 is 11.9 Å². The Balaban J connectivity index is 1.63. The summed E-state index contributed by atoms with van der Waals surface area (Å²) in [5.41, 5.74) is -2.22. The van der Waals surface area contributed by atoms with Gasteiger partial charge in [0.05, 0.1) is 28.9 Å². The van der Waals surface area contributed by atoms with Crippen LogP contribution < -0.4 is 0 Å². The molecule has 9 atom stereocenters. The summed E-state index contributed by atoms with van der Waals surface area (Å²) in [6.07, 6.45) is 3.14. The van der Waals surface area contributed by atoms with Crippen molar-refractivity contribution in [2.45, 2.75) is 83.1 Å². The van der Waals surface area contributed by atoms with Crippen molar-refractivity contribution in [1.82, 2.24) is 4.90 Å². The molecule has 7 nitrogen and oxygen atoms in total. The van der Waals surface area contributed by atoms with Gasteiger partial charge in [-0.1, -0.05) is 27.2 Å². The van der Waals surface area contributed by atoms with Gasteiger partial charge in [0.2, 0.25) is 5.91 Å². The number of carbonyl (C=O) groups is 3. The van der Waals surface area contributed by atoms with Gasteiger partial charge in [-0.15, -0.1) is 0 Å². The zero-order valence-corrected chi connectivity index (χ0v) is 17.4. The maximum absolute atomic E-state index is 14.0. The molecule has 29 heavy (non-hydrogen) atoms. The highest BCUT2D eigenvalue weighted by atomic mass is 16.6. The SMILES string of the molecule is CC[C@H]1[C@H]2OC(=O)[C@H](C)[C@H]2[C@@]2(O)C[C@@H]([C@@H]3C[C@H](C)C(=O)O3)N3CCCCC12C3=O. The van der Waals surface area contributed by atoms with E-state index >= 15 is 0 Å². The van der Waals surface area contributed by atoms with Crippen LogP contribution in [-0.2, 0) is 23.9 Å². The normalized spacial score (nSPS) is 51.4. The van der Waals surface area contributed by atoms with Gasteiger partial charge < -0.3 is 19.5 Å². The minimum atomic E-state index is -1.31. The first-order valence-electron chi connectivity index (χ1n) is 11.2. The van der Waals surface area contributed by atoms with Crippen LogP contribution in [0.15, 0.2) is 0 Å². The van der Waals surface area contributed by atoms with Crippen LogP contribution in [0.25, 0.3) is 0 Å². The number of piperidine rings is 1. The third kappa shape index (κ3) is 2.20. The van der Waals surface area contributed by atoms with Crippen molar-refractivity contribution in [3.8, 4) is 0 Å². The Labute approximate surface area is 171 Å².